The standard InChI is InChI=1S/C19H24N4O3S/c1-23(2)11-3-10-20-15-4-6-16(7-5-15)22-27(25,26)17-8-9-18-14(12-17)13-19(24)21-18/h4-9,12,20,22H,3,10-11,13H2,1-2H3,(H,21,24). The third-order valence-electron chi connectivity index (χ3n) is 4.26. The first-order chi connectivity index (χ1) is 12.8. The quantitative estimate of drug-likeness (QED) is 0.604. The van der Waals surface area contributed by atoms with Crippen LogP contribution in [0.4, 0.5) is 17.1 Å². The smallest absolute Gasteiger partial charge is 0.261 e. The fraction of sp³-hybridized carbons (Fsp3) is 0.316. The SMILES string of the molecule is CN(C)CCCNc1ccc(NS(=O)(=O)c2ccc3c(c2)CC(=O)N3)cc1. The number of carbonyl (C=O) groups is 1. The van der Waals surface area contributed by atoms with E-state index in [1.54, 1.807) is 18.2 Å². The van der Waals surface area contributed by atoms with Gasteiger partial charge in [-0.05, 0) is 75.1 Å². The average Bonchev–Trinajstić information content (AvgIpc) is 2.99. The summed E-state index contributed by atoms with van der Waals surface area (Å²) in [6, 6.07) is 11.8. The third-order valence-corrected chi connectivity index (χ3v) is 5.64. The maximum atomic E-state index is 12.6. The zero-order valence-corrected chi connectivity index (χ0v) is 16.3. The van der Waals surface area contributed by atoms with Crippen LogP contribution in [0, 0.1) is 0 Å². The lowest BCUT2D eigenvalue weighted by Crippen LogP contribution is -2.16. The average molecular weight is 388 g/mol. The zero-order chi connectivity index (χ0) is 19.4. The molecule has 1 aliphatic heterocycles. The lowest BCUT2D eigenvalue weighted by molar-refractivity contribution is -0.115. The lowest BCUT2D eigenvalue weighted by Gasteiger charge is -2.12. The number of rotatable bonds is 8. The maximum Gasteiger partial charge on any atom is 0.261 e. The zero-order valence-electron chi connectivity index (χ0n) is 15.5. The summed E-state index contributed by atoms with van der Waals surface area (Å²) in [4.78, 5) is 13.7. The summed E-state index contributed by atoms with van der Waals surface area (Å²) < 4.78 is 27.8. The van der Waals surface area contributed by atoms with Crippen molar-refractivity contribution in [1.82, 2.24) is 4.90 Å². The van der Waals surface area contributed by atoms with Crippen LogP contribution in [0.15, 0.2) is 47.4 Å². The Balaban J connectivity index is 1.62. The monoisotopic (exact) mass is 388 g/mol. The number of sulfonamides is 1. The number of fused-ring (bicyclic) bond motifs is 1. The number of benzene rings is 2. The molecule has 0 aromatic heterocycles. The molecule has 8 heteroatoms. The van der Waals surface area contributed by atoms with Crippen LogP contribution in [0.5, 0.6) is 0 Å². The van der Waals surface area contributed by atoms with Crippen LogP contribution in [-0.4, -0.2) is 46.4 Å². The first-order valence-corrected chi connectivity index (χ1v) is 10.3. The molecule has 0 fully saturated rings. The molecule has 3 rings (SSSR count). The molecule has 0 bridgehead atoms. The first kappa shape index (κ1) is 19.2. The highest BCUT2D eigenvalue weighted by Crippen LogP contribution is 2.27. The second-order valence-corrected chi connectivity index (χ2v) is 8.49. The van der Waals surface area contributed by atoms with Crippen LogP contribution in [0.25, 0.3) is 0 Å². The van der Waals surface area contributed by atoms with Gasteiger partial charge >= 0.3 is 0 Å². The molecule has 0 saturated carbocycles. The number of nitrogens with zero attached hydrogens (tertiary/aromatic N) is 1. The molecule has 1 amide bonds. The minimum atomic E-state index is -3.71. The largest absolute Gasteiger partial charge is 0.385 e. The Morgan fingerprint density at radius 1 is 1.07 bits per heavy atom. The van der Waals surface area contributed by atoms with E-state index in [0.717, 1.165) is 25.2 Å². The minimum Gasteiger partial charge on any atom is -0.385 e. The highest BCUT2D eigenvalue weighted by molar-refractivity contribution is 7.92. The fourth-order valence-corrected chi connectivity index (χ4v) is 3.98. The molecule has 1 heterocycles. The fourth-order valence-electron chi connectivity index (χ4n) is 2.87. The van der Waals surface area contributed by atoms with Gasteiger partial charge < -0.3 is 15.5 Å². The Kier molecular flexibility index (Phi) is 5.67. The lowest BCUT2D eigenvalue weighted by atomic mass is 10.2. The molecule has 2 aromatic carbocycles. The van der Waals surface area contributed by atoms with Crippen LogP contribution in [0.1, 0.15) is 12.0 Å². The number of carbonyl (C=O) groups excluding carboxylic acids is 1. The molecule has 27 heavy (non-hydrogen) atoms. The van der Waals surface area contributed by atoms with Crippen molar-refractivity contribution >= 4 is 33.0 Å². The highest BCUT2D eigenvalue weighted by Gasteiger charge is 2.21. The van der Waals surface area contributed by atoms with Crippen LogP contribution < -0.4 is 15.4 Å². The normalized spacial score (nSPS) is 13.4. The molecule has 2 aromatic rings. The van der Waals surface area contributed by atoms with Gasteiger partial charge in [0.2, 0.25) is 5.91 Å². The molecule has 144 valence electrons. The van der Waals surface area contributed by atoms with Crippen molar-refractivity contribution in [2.75, 3.05) is 42.5 Å². The van der Waals surface area contributed by atoms with Crippen LogP contribution in [0.2, 0.25) is 0 Å². The number of amides is 1. The molecule has 0 saturated heterocycles. The molecular formula is C19H24N4O3S. The van der Waals surface area contributed by atoms with Gasteiger partial charge in [0.1, 0.15) is 0 Å². The molecule has 0 unspecified atom stereocenters. The molecule has 0 radical (unpaired) electrons. The van der Waals surface area contributed by atoms with E-state index in [1.807, 2.05) is 26.2 Å². The second kappa shape index (κ2) is 7.98. The molecular weight excluding hydrogens is 364 g/mol. The molecule has 0 atom stereocenters. The molecule has 7 nitrogen and oxygen atoms in total. The summed E-state index contributed by atoms with van der Waals surface area (Å²) in [6.07, 6.45) is 1.23. The van der Waals surface area contributed by atoms with E-state index in [1.165, 1.54) is 12.1 Å². The molecule has 0 aliphatic carbocycles. The van der Waals surface area contributed by atoms with Crippen LogP contribution in [-0.2, 0) is 21.2 Å². The van der Waals surface area contributed by atoms with Gasteiger partial charge in [0, 0.05) is 23.6 Å². The van der Waals surface area contributed by atoms with E-state index in [2.05, 4.69) is 20.3 Å². The van der Waals surface area contributed by atoms with Crippen molar-refractivity contribution in [3.8, 4) is 0 Å². The predicted molar refractivity (Wildman–Crippen MR) is 108 cm³/mol. The summed E-state index contributed by atoms with van der Waals surface area (Å²) in [7, 11) is 0.365. The van der Waals surface area contributed by atoms with Crippen molar-refractivity contribution < 1.29 is 13.2 Å². The summed E-state index contributed by atoms with van der Waals surface area (Å²) >= 11 is 0. The first-order valence-electron chi connectivity index (χ1n) is 8.78. The molecule has 1 aliphatic rings. The number of anilines is 3. The predicted octanol–water partition coefficient (Wildman–Crippen LogP) is 2.35. The highest BCUT2D eigenvalue weighted by atomic mass is 32.2. The second-order valence-electron chi connectivity index (χ2n) is 6.81. The summed E-state index contributed by atoms with van der Waals surface area (Å²) in [6.45, 7) is 1.86. The number of hydrogen-bond donors (Lipinski definition) is 3. The summed E-state index contributed by atoms with van der Waals surface area (Å²) in [5.41, 5.74) is 2.80. The maximum absolute atomic E-state index is 12.6. The summed E-state index contributed by atoms with van der Waals surface area (Å²) in [5, 5.41) is 6.01. The van der Waals surface area contributed by atoms with Crippen LogP contribution in [0.3, 0.4) is 0 Å². The van der Waals surface area contributed by atoms with E-state index in [4.69, 9.17) is 0 Å². The third kappa shape index (κ3) is 4.99. The topological polar surface area (TPSA) is 90.5 Å². The summed E-state index contributed by atoms with van der Waals surface area (Å²) in [5.74, 6) is -0.124. The Bertz CT molecular complexity index is 924. The van der Waals surface area contributed by atoms with Crippen molar-refractivity contribution in [3.63, 3.8) is 0 Å². The minimum absolute atomic E-state index is 0.124. The van der Waals surface area contributed by atoms with Crippen molar-refractivity contribution in [2.24, 2.45) is 0 Å². The molecule has 3 N–H and O–H groups in total. The van der Waals surface area contributed by atoms with Gasteiger partial charge in [-0.15, -0.1) is 0 Å². The van der Waals surface area contributed by atoms with E-state index < -0.39 is 10.0 Å². The van der Waals surface area contributed by atoms with Gasteiger partial charge in [-0.1, -0.05) is 0 Å². The van der Waals surface area contributed by atoms with Gasteiger partial charge in [0.15, 0.2) is 0 Å². The van der Waals surface area contributed by atoms with Gasteiger partial charge in [-0.25, -0.2) is 8.42 Å². The number of hydrogen-bond acceptors (Lipinski definition) is 5. The van der Waals surface area contributed by atoms with Gasteiger partial charge in [-0.3, -0.25) is 9.52 Å². The van der Waals surface area contributed by atoms with Crippen LogP contribution >= 0.6 is 0 Å². The van der Waals surface area contributed by atoms with E-state index in [9.17, 15) is 13.2 Å². The van der Waals surface area contributed by atoms with Crippen molar-refractivity contribution in [3.05, 3.63) is 48.0 Å². The Morgan fingerprint density at radius 2 is 1.78 bits per heavy atom. The van der Waals surface area contributed by atoms with Gasteiger partial charge in [0.05, 0.1) is 11.3 Å². The Morgan fingerprint density at radius 3 is 2.48 bits per heavy atom. The van der Waals surface area contributed by atoms with Gasteiger partial charge in [-0.2, -0.15) is 0 Å². The van der Waals surface area contributed by atoms with Crippen molar-refractivity contribution in [2.45, 2.75) is 17.7 Å². The van der Waals surface area contributed by atoms with Crippen molar-refractivity contribution in [1.29, 1.82) is 0 Å². The Labute approximate surface area is 159 Å². The van der Waals surface area contributed by atoms with E-state index >= 15 is 0 Å². The Hall–Kier alpha value is -2.58. The van der Waals surface area contributed by atoms with Gasteiger partial charge in [0.25, 0.3) is 10.0 Å². The van der Waals surface area contributed by atoms with E-state index in [0.29, 0.717) is 16.9 Å². The molecule has 0 spiro atoms. The number of nitrogens with one attached hydrogen (secondary N) is 3. The van der Waals surface area contributed by atoms with E-state index in [-0.39, 0.29) is 17.2 Å².